The Hall–Kier alpha value is -3.42. The predicted octanol–water partition coefficient (Wildman–Crippen LogP) is 2.23. The third kappa shape index (κ3) is 2.74. The minimum absolute atomic E-state index is 0.163. The van der Waals surface area contributed by atoms with Gasteiger partial charge >= 0.3 is 11.7 Å². The molecule has 0 unspecified atom stereocenters. The molecule has 0 radical (unpaired) electrons. The molecule has 5 rings (SSSR count). The molecule has 1 saturated heterocycles. The van der Waals surface area contributed by atoms with Crippen LogP contribution in [-0.2, 0) is 22.4 Å². The average molecular weight is 421 g/mol. The fraction of sp³-hybridized carbons (Fsp3) is 0.391. The Bertz CT molecular complexity index is 1240. The van der Waals surface area contributed by atoms with Crippen LogP contribution in [0.5, 0.6) is 0 Å². The van der Waals surface area contributed by atoms with Crippen LogP contribution in [0.4, 0.5) is 10.5 Å². The van der Waals surface area contributed by atoms with Crippen molar-refractivity contribution < 1.29 is 18.8 Å². The molecule has 2 aromatic rings. The third-order valence-electron chi connectivity index (χ3n) is 6.63. The SMILES string of the molecule is Cc1c(C=C2C(=O)N(C)C(=O)N(C)C2=O)c(=O)oc2c3c4c(cc12)CCCN4CCC3. The number of fused-ring (bicyclic) bond motifs is 2. The number of rotatable bonds is 1. The molecular formula is C23H23N3O5. The Balaban J connectivity index is 1.73. The number of hydrogen-bond acceptors (Lipinski definition) is 6. The van der Waals surface area contributed by atoms with Gasteiger partial charge < -0.3 is 9.32 Å². The number of barbiturate groups is 1. The molecule has 3 aliphatic heterocycles. The average Bonchev–Trinajstić information content (AvgIpc) is 2.77. The zero-order valence-electron chi connectivity index (χ0n) is 17.8. The van der Waals surface area contributed by atoms with Crippen LogP contribution in [0.1, 0.15) is 35.1 Å². The van der Waals surface area contributed by atoms with Gasteiger partial charge in [-0.2, -0.15) is 0 Å². The maximum atomic E-state index is 13.0. The molecule has 0 aliphatic carbocycles. The van der Waals surface area contributed by atoms with Crippen LogP contribution in [0.2, 0.25) is 0 Å². The Morgan fingerprint density at radius 2 is 1.61 bits per heavy atom. The zero-order valence-corrected chi connectivity index (χ0v) is 17.8. The minimum Gasteiger partial charge on any atom is -0.422 e. The normalized spacial score (nSPS) is 18.7. The van der Waals surface area contributed by atoms with Gasteiger partial charge in [-0.25, -0.2) is 9.59 Å². The van der Waals surface area contributed by atoms with Gasteiger partial charge in [0.2, 0.25) is 0 Å². The van der Waals surface area contributed by atoms with Gasteiger partial charge in [0, 0.05) is 43.8 Å². The zero-order chi connectivity index (χ0) is 22.0. The summed E-state index contributed by atoms with van der Waals surface area (Å²) in [5, 5.41) is 0.831. The summed E-state index contributed by atoms with van der Waals surface area (Å²) in [6.45, 7) is 3.84. The second kappa shape index (κ2) is 6.80. The molecule has 0 spiro atoms. The number of amides is 4. The second-order valence-corrected chi connectivity index (χ2v) is 8.43. The molecule has 8 heteroatoms. The van der Waals surface area contributed by atoms with E-state index in [9.17, 15) is 19.2 Å². The smallest absolute Gasteiger partial charge is 0.343 e. The predicted molar refractivity (Wildman–Crippen MR) is 115 cm³/mol. The minimum atomic E-state index is -0.733. The molecule has 8 nitrogen and oxygen atoms in total. The highest BCUT2D eigenvalue weighted by atomic mass is 16.4. The number of likely N-dealkylation sites (N-methyl/N-ethyl adjacent to an activating group) is 2. The summed E-state index contributed by atoms with van der Waals surface area (Å²) in [4.78, 5) is 54.2. The topological polar surface area (TPSA) is 91.1 Å². The van der Waals surface area contributed by atoms with Crippen LogP contribution in [-0.4, -0.2) is 54.8 Å². The van der Waals surface area contributed by atoms with Crippen LogP contribution in [0.3, 0.4) is 0 Å². The van der Waals surface area contributed by atoms with Crippen LogP contribution >= 0.6 is 0 Å². The van der Waals surface area contributed by atoms with E-state index in [0.717, 1.165) is 59.5 Å². The van der Waals surface area contributed by atoms with E-state index in [2.05, 4.69) is 11.0 Å². The number of imide groups is 2. The van der Waals surface area contributed by atoms with E-state index >= 15 is 0 Å². The number of urea groups is 1. The van der Waals surface area contributed by atoms with Crippen LogP contribution in [0.15, 0.2) is 20.9 Å². The number of carbonyl (C=O) groups is 3. The highest BCUT2D eigenvalue weighted by Gasteiger charge is 2.38. The summed E-state index contributed by atoms with van der Waals surface area (Å²) in [6.07, 6.45) is 5.18. The molecule has 3 aliphatic rings. The molecule has 31 heavy (non-hydrogen) atoms. The van der Waals surface area contributed by atoms with Gasteiger partial charge in [-0.15, -0.1) is 0 Å². The number of hydrogen-bond donors (Lipinski definition) is 0. The van der Waals surface area contributed by atoms with Gasteiger partial charge in [0.25, 0.3) is 11.8 Å². The van der Waals surface area contributed by atoms with Gasteiger partial charge in [0.05, 0.1) is 5.56 Å². The van der Waals surface area contributed by atoms with E-state index in [1.165, 1.54) is 31.4 Å². The van der Waals surface area contributed by atoms with Gasteiger partial charge in [-0.3, -0.25) is 19.4 Å². The van der Waals surface area contributed by atoms with Crippen molar-refractivity contribution in [2.24, 2.45) is 0 Å². The fourth-order valence-electron chi connectivity index (χ4n) is 4.96. The Labute approximate surface area is 178 Å². The number of anilines is 1. The lowest BCUT2D eigenvalue weighted by molar-refractivity contribution is -0.134. The van der Waals surface area contributed by atoms with Gasteiger partial charge in [-0.1, -0.05) is 0 Å². The molecule has 4 heterocycles. The van der Waals surface area contributed by atoms with Crippen molar-refractivity contribution in [3.05, 3.63) is 44.3 Å². The summed E-state index contributed by atoms with van der Waals surface area (Å²) in [5.74, 6) is -1.47. The second-order valence-electron chi connectivity index (χ2n) is 8.43. The highest BCUT2D eigenvalue weighted by Crippen LogP contribution is 2.40. The standard InChI is InChI=1S/C23H23N3O5/c1-12-15-10-13-6-4-8-26-9-5-7-14(18(13)26)19(15)31-22(29)16(12)11-17-20(27)24(2)23(30)25(3)21(17)28/h10-11H,4-9H2,1-3H3. The summed E-state index contributed by atoms with van der Waals surface area (Å²) in [7, 11) is 2.61. The summed E-state index contributed by atoms with van der Waals surface area (Å²) >= 11 is 0. The number of nitrogens with zero attached hydrogens (tertiary/aromatic N) is 3. The molecule has 1 fully saturated rings. The van der Waals surface area contributed by atoms with Crippen molar-refractivity contribution in [1.29, 1.82) is 0 Å². The monoisotopic (exact) mass is 421 g/mol. The van der Waals surface area contributed by atoms with E-state index in [0.29, 0.717) is 11.1 Å². The van der Waals surface area contributed by atoms with Crippen molar-refractivity contribution >= 4 is 40.6 Å². The van der Waals surface area contributed by atoms with E-state index in [1.807, 2.05) is 6.92 Å². The first kappa shape index (κ1) is 19.5. The van der Waals surface area contributed by atoms with E-state index in [-0.39, 0.29) is 11.1 Å². The molecule has 0 bridgehead atoms. The Morgan fingerprint density at radius 1 is 0.968 bits per heavy atom. The van der Waals surface area contributed by atoms with Gasteiger partial charge in [0.1, 0.15) is 11.2 Å². The van der Waals surface area contributed by atoms with E-state index in [1.54, 1.807) is 0 Å². The lowest BCUT2D eigenvalue weighted by Crippen LogP contribution is -2.53. The Morgan fingerprint density at radius 3 is 2.29 bits per heavy atom. The molecule has 0 N–H and O–H groups in total. The lowest BCUT2D eigenvalue weighted by atomic mass is 9.88. The first-order valence-corrected chi connectivity index (χ1v) is 10.5. The summed E-state index contributed by atoms with van der Waals surface area (Å²) in [5.41, 5.74) is 4.14. The molecule has 4 amide bonds. The molecule has 1 aromatic heterocycles. The maximum Gasteiger partial charge on any atom is 0.343 e. The largest absolute Gasteiger partial charge is 0.422 e. The van der Waals surface area contributed by atoms with Gasteiger partial charge in [0.15, 0.2) is 0 Å². The van der Waals surface area contributed by atoms with Crippen LogP contribution in [0, 0.1) is 6.92 Å². The van der Waals surface area contributed by atoms with E-state index < -0.39 is 23.5 Å². The third-order valence-corrected chi connectivity index (χ3v) is 6.63. The highest BCUT2D eigenvalue weighted by molar-refractivity contribution is 6.30. The van der Waals surface area contributed by atoms with Crippen molar-refractivity contribution in [2.45, 2.75) is 32.6 Å². The number of aryl methyl sites for hydroxylation is 3. The number of benzene rings is 1. The fourth-order valence-corrected chi connectivity index (χ4v) is 4.96. The van der Waals surface area contributed by atoms with Crippen molar-refractivity contribution in [2.75, 3.05) is 32.1 Å². The maximum absolute atomic E-state index is 13.0. The molecule has 1 aromatic carbocycles. The van der Waals surface area contributed by atoms with Crippen molar-refractivity contribution in [3.63, 3.8) is 0 Å². The summed E-state index contributed by atoms with van der Waals surface area (Å²) in [6, 6.07) is 1.38. The molecule has 0 atom stereocenters. The van der Waals surface area contributed by atoms with Crippen molar-refractivity contribution in [3.8, 4) is 0 Å². The summed E-state index contributed by atoms with van der Waals surface area (Å²) < 4.78 is 5.79. The first-order chi connectivity index (χ1) is 14.8. The van der Waals surface area contributed by atoms with E-state index in [4.69, 9.17) is 4.42 Å². The first-order valence-electron chi connectivity index (χ1n) is 10.5. The van der Waals surface area contributed by atoms with Gasteiger partial charge in [-0.05, 0) is 55.9 Å². The quantitative estimate of drug-likeness (QED) is 0.398. The molecule has 160 valence electrons. The molecule has 0 saturated carbocycles. The van der Waals surface area contributed by atoms with Crippen LogP contribution in [0.25, 0.3) is 17.0 Å². The molecular weight excluding hydrogens is 398 g/mol. The van der Waals surface area contributed by atoms with Crippen LogP contribution < -0.4 is 10.5 Å². The number of carbonyl (C=O) groups excluding carboxylic acids is 3. The lowest BCUT2D eigenvalue weighted by Gasteiger charge is -2.37. The Kier molecular flexibility index (Phi) is 4.28. The van der Waals surface area contributed by atoms with Crippen molar-refractivity contribution in [1.82, 2.24) is 9.80 Å².